The SMILES string of the molecule is FC(F)(F)c1cc(Cl)c2cc(Br)cc(Cl)c2n1. The van der Waals surface area contributed by atoms with Crippen LogP contribution in [0.4, 0.5) is 13.2 Å². The third-order valence-corrected chi connectivity index (χ3v) is 3.13. The summed E-state index contributed by atoms with van der Waals surface area (Å²) in [5.74, 6) is 0. The Hall–Kier alpha value is -0.520. The van der Waals surface area contributed by atoms with Crippen molar-refractivity contribution in [3.8, 4) is 0 Å². The Kier molecular flexibility index (Phi) is 3.27. The number of pyridine rings is 1. The first-order valence-electron chi connectivity index (χ1n) is 4.31. The maximum atomic E-state index is 12.5. The minimum absolute atomic E-state index is 0.0366. The Morgan fingerprint density at radius 3 is 2.29 bits per heavy atom. The second-order valence-corrected chi connectivity index (χ2v) is 5.00. The number of fused-ring (bicyclic) bond motifs is 1. The summed E-state index contributed by atoms with van der Waals surface area (Å²) < 4.78 is 38.2. The lowest BCUT2D eigenvalue weighted by molar-refractivity contribution is -0.140. The van der Waals surface area contributed by atoms with Crippen LogP contribution in [0.2, 0.25) is 10.0 Å². The molecular formula is C10H3BrCl2F3N. The second-order valence-electron chi connectivity index (χ2n) is 3.27. The number of aromatic nitrogens is 1. The van der Waals surface area contributed by atoms with E-state index in [0.717, 1.165) is 6.07 Å². The number of hydrogen-bond acceptors (Lipinski definition) is 1. The normalized spacial score (nSPS) is 12.1. The average Bonchev–Trinajstić information content (AvgIpc) is 2.17. The van der Waals surface area contributed by atoms with Crippen LogP contribution in [0.3, 0.4) is 0 Å². The lowest BCUT2D eigenvalue weighted by atomic mass is 10.2. The summed E-state index contributed by atoms with van der Waals surface area (Å²) >= 11 is 14.8. The van der Waals surface area contributed by atoms with E-state index >= 15 is 0 Å². The van der Waals surface area contributed by atoms with Gasteiger partial charge in [-0.25, -0.2) is 4.98 Å². The molecule has 0 amide bonds. The van der Waals surface area contributed by atoms with Gasteiger partial charge in [-0.15, -0.1) is 0 Å². The van der Waals surface area contributed by atoms with Gasteiger partial charge in [0.05, 0.1) is 15.6 Å². The Morgan fingerprint density at radius 2 is 1.71 bits per heavy atom. The van der Waals surface area contributed by atoms with Gasteiger partial charge in [0.2, 0.25) is 0 Å². The Labute approximate surface area is 113 Å². The van der Waals surface area contributed by atoms with Crippen LogP contribution in [-0.4, -0.2) is 4.98 Å². The summed E-state index contributed by atoms with van der Waals surface area (Å²) in [6, 6.07) is 3.82. The molecule has 0 aliphatic rings. The first-order chi connectivity index (χ1) is 7.79. The topological polar surface area (TPSA) is 12.9 Å². The number of halogens is 6. The molecule has 0 saturated carbocycles. The smallest absolute Gasteiger partial charge is 0.242 e. The maximum absolute atomic E-state index is 12.5. The van der Waals surface area contributed by atoms with E-state index in [4.69, 9.17) is 23.2 Å². The fraction of sp³-hybridized carbons (Fsp3) is 0.100. The zero-order valence-corrected chi connectivity index (χ0v) is 11.0. The quantitative estimate of drug-likeness (QED) is 0.630. The molecule has 1 aromatic carbocycles. The molecular weight excluding hydrogens is 342 g/mol. The number of benzene rings is 1. The molecule has 1 nitrogen and oxygen atoms in total. The van der Waals surface area contributed by atoms with Gasteiger partial charge in [0.1, 0.15) is 5.69 Å². The highest BCUT2D eigenvalue weighted by molar-refractivity contribution is 9.10. The Bertz CT molecular complexity index is 598. The van der Waals surface area contributed by atoms with Gasteiger partial charge in [-0.05, 0) is 18.2 Å². The van der Waals surface area contributed by atoms with Crippen molar-refractivity contribution in [3.05, 3.63) is 38.4 Å². The van der Waals surface area contributed by atoms with Crippen molar-refractivity contribution in [2.24, 2.45) is 0 Å². The summed E-state index contributed by atoms with van der Waals surface area (Å²) in [6.07, 6.45) is -4.55. The number of rotatable bonds is 0. The van der Waals surface area contributed by atoms with Gasteiger partial charge >= 0.3 is 6.18 Å². The van der Waals surface area contributed by atoms with Crippen LogP contribution in [0.15, 0.2) is 22.7 Å². The van der Waals surface area contributed by atoms with Crippen LogP contribution in [0.1, 0.15) is 5.69 Å². The Morgan fingerprint density at radius 1 is 1.06 bits per heavy atom. The van der Waals surface area contributed by atoms with E-state index in [1.807, 2.05) is 0 Å². The zero-order chi connectivity index (χ0) is 12.8. The minimum Gasteiger partial charge on any atom is -0.242 e. The van der Waals surface area contributed by atoms with Gasteiger partial charge in [0.25, 0.3) is 0 Å². The molecule has 0 atom stereocenters. The molecule has 90 valence electrons. The third-order valence-electron chi connectivity index (χ3n) is 2.07. The summed E-state index contributed by atoms with van der Waals surface area (Å²) in [6.45, 7) is 0. The lowest BCUT2D eigenvalue weighted by Crippen LogP contribution is -2.08. The van der Waals surface area contributed by atoms with Crippen LogP contribution in [0.5, 0.6) is 0 Å². The maximum Gasteiger partial charge on any atom is 0.433 e. The van der Waals surface area contributed by atoms with Gasteiger partial charge in [-0.3, -0.25) is 0 Å². The first kappa shape index (κ1) is 12.9. The van der Waals surface area contributed by atoms with Crippen molar-refractivity contribution in [2.75, 3.05) is 0 Å². The molecule has 0 aliphatic carbocycles. The number of nitrogens with zero attached hydrogens (tertiary/aromatic N) is 1. The molecule has 0 bridgehead atoms. The van der Waals surface area contributed by atoms with Crippen molar-refractivity contribution in [2.45, 2.75) is 6.18 Å². The van der Waals surface area contributed by atoms with E-state index in [0.29, 0.717) is 9.86 Å². The molecule has 2 aromatic rings. The number of hydrogen-bond donors (Lipinski definition) is 0. The molecule has 0 spiro atoms. The summed E-state index contributed by atoms with van der Waals surface area (Å²) in [7, 11) is 0. The van der Waals surface area contributed by atoms with E-state index in [1.165, 1.54) is 6.07 Å². The summed E-state index contributed by atoms with van der Waals surface area (Å²) in [4.78, 5) is 3.49. The summed E-state index contributed by atoms with van der Waals surface area (Å²) in [5.41, 5.74) is -1.02. The van der Waals surface area contributed by atoms with E-state index in [1.54, 1.807) is 6.07 Å². The van der Waals surface area contributed by atoms with Crippen LogP contribution in [0.25, 0.3) is 10.9 Å². The van der Waals surface area contributed by atoms with Crippen molar-refractivity contribution in [1.82, 2.24) is 4.98 Å². The van der Waals surface area contributed by atoms with Crippen molar-refractivity contribution in [3.63, 3.8) is 0 Å². The van der Waals surface area contributed by atoms with E-state index in [9.17, 15) is 13.2 Å². The highest BCUT2D eigenvalue weighted by Crippen LogP contribution is 2.36. The molecule has 17 heavy (non-hydrogen) atoms. The van der Waals surface area contributed by atoms with Gasteiger partial charge in [0, 0.05) is 9.86 Å². The fourth-order valence-corrected chi connectivity index (χ4v) is 2.46. The molecule has 0 aliphatic heterocycles. The van der Waals surface area contributed by atoms with Gasteiger partial charge in [-0.1, -0.05) is 39.1 Å². The van der Waals surface area contributed by atoms with Gasteiger partial charge in [0.15, 0.2) is 0 Å². The van der Waals surface area contributed by atoms with Crippen molar-refractivity contribution in [1.29, 1.82) is 0 Å². The largest absolute Gasteiger partial charge is 0.433 e. The molecule has 7 heteroatoms. The van der Waals surface area contributed by atoms with E-state index < -0.39 is 11.9 Å². The third kappa shape index (κ3) is 2.51. The van der Waals surface area contributed by atoms with Crippen molar-refractivity contribution < 1.29 is 13.2 Å². The molecule has 0 fully saturated rings. The van der Waals surface area contributed by atoms with Crippen LogP contribution in [0, 0.1) is 0 Å². The summed E-state index contributed by atoms with van der Waals surface area (Å²) in [5, 5.41) is 0.451. The average molecular weight is 345 g/mol. The van der Waals surface area contributed by atoms with Crippen molar-refractivity contribution >= 4 is 50.0 Å². The monoisotopic (exact) mass is 343 g/mol. The first-order valence-corrected chi connectivity index (χ1v) is 5.86. The van der Waals surface area contributed by atoms with E-state index in [2.05, 4.69) is 20.9 Å². The zero-order valence-electron chi connectivity index (χ0n) is 7.95. The Balaban J connectivity index is 2.83. The number of alkyl halides is 3. The van der Waals surface area contributed by atoms with Gasteiger partial charge in [-0.2, -0.15) is 13.2 Å². The highest BCUT2D eigenvalue weighted by Gasteiger charge is 2.33. The molecule has 0 saturated heterocycles. The minimum atomic E-state index is -4.55. The van der Waals surface area contributed by atoms with Crippen LogP contribution < -0.4 is 0 Å². The second kappa shape index (κ2) is 4.30. The molecule has 0 unspecified atom stereocenters. The highest BCUT2D eigenvalue weighted by atomic mass is 79.9. The predicted octanol–water partition coefficient (Wildman–Crippen LogP) is 5.32. The molecule has 0 radical (unpaired) electrons. The van der Waals surface area contributed by atoms with E-state index in [-0.39, 0.29) is 15.6 Å². The molecule has 2 rings (SSSR count). The van der Waals surface area contributed by atoms with Crippen LogP contribution >= 0.6 is 39.1 Å². The molecule has 0 N–H and O–H groups in total. The standard InChI is InChI=1S/C10H3BrCl2F3N/c11-4-1-5-6(12)3-8(10(14,15)16)17-9(5)7(13)2-4/h1-3H. The molecule has 1 heterocycles. The lowest BCUT2D eigenvalue weighted by Gasteiger charge is -2.09. The molecule has 1 aromatic heterocycles. The predicted molar refractivity (Wildman–Crippen MR) is 64.5 cm³/mol. The van der Waals surface area contributed by atoms with Gasteiger partial charge < -0.3 is 0 Å². The fourth-order valence-electron chi connectivity index (χ4n) is 1.36. The van der Waals surface area contributed by atoms with Crippen LogP contribution in [-0.2, 0) is 6.18 Å².